The van der Waals surface area contributed by atoms with Crippen LogP contribution < -0.4 is 0 Å². The van der Waals surface area contributed by atoms with Gasteiger partial charge in [0.25, 0.3) is 0 Å². The van der Waals surface area contributed by atoms with E-state index >= 15 is 0 Å². The lowest BCUT2D eigenvalue weighted by molar-refractivity contribution is -0.141. The highest BCUT2D eigenvalue weighted by molar-refractivity contribution is 9.10. The zero-order valence-electron chi connectivity index (χ0n) is 20.2. The summed E-state index contributed by atoms with van der Waals surface area (Å²) in [7, 11) is 0. The van der Waals surface area contributed by atoms with Gasteiger partial charge in [0, 0.05) is 34.6 Å². The Morgan fingerprint density at radius 3 is 2.30 bits per heavy atom. The topological polar surface area (TPSA) is 87.8 Å². The van der Waals surface area contributed by atoms with Gasteiger partial charge in [0.1, 0.15) is 0 Å². The van der Waals surface area contributed by atoms with Gasteiger partial charge in [-0.2, -0.15) is 10.2 Å². The highest BCUT2D eigenvalue weighted by atomic mass is 79.9. The first-order valence-corrected chi connectivity index (χ1v) is 12.8. The van der Waals surface area contributed by atoms with Crippen molar-refractivity contribution in [2.45, 2.75) is 32.2 Å². The Kier molecular flexibility index (Phi) is 7.01. The number of hydrogen-bond donors (Lipinski definition) is 1. The molecule has 7 nitrogen and oxygen atoms in total. The molecule has 0 spiro atoms. The summed E-state index contributed by atoms with van der Waals surface area (Å²) in [5, 5.41) is 20.3. The van der Waals surface area contributed by atoms with Crippen LogP contribution in [0.4, 0.5) is 0 Å². The van der Waals surface area contributed by atoms with Crippen molar-refractivity contribution in [3.05, 3.63) is 106 Å². The number of hydrazone groups is 1. The van der Waals surface area contributed by atoms with E-state index in [9.17, 15) is 9.59 Å². The van der Waals surface area contributed by atoms with E-state index in [4.69, 9.17) is 15.3 Å². The number of carbonyl (C=O) groups is 2. The average Bonchev–Trinajstić information content (AvgIpc) is 3.54. The molecule has 3 aromatic carbocycles. The maximum Gasteiger partial charge on any atom is 0.303 e. The van der Waals surface area contributed by atoms with Crippen LogP contribution in [-0.4, -0.2) is 37.5 Å². The van der Waals surface area contributed by atoms with E-state index in [0.717, 1.165) is 43.8 Å². The van der Waals surface area contributed by atoms with Crippen LogP contribution in [-0.2, 0) is 9.59 Å². The SMILES string of the molecule is Cc1ccc(-c2nn(-c3ccccc3)cc2[C@@H]2CC(c3ccc(Br)cc3)=NN2C(=O)CCC(=O)O)cc1. The second-order valence-electron chi connectivity index (χ2n) is 8.98. The van der Waals surface area contributed by atoms with Gasteiger partial charge in [-0.05, 0) is 36.8 Å². The minimum absolute atomic E-state index is 0.129. The van der Waals surface area contributed by atoms with E-state index in [1.807, 2.05) is 96.7 Å². The van der Waals surface area contributed by atoms with Crippen LogP contribution in [0.25, 0.3) is 16.9 Å². The number of aromatic nitrogens is 2. The first-order chi connectivity index (χ1) is 17.9. The van der Waals surface area contributed by atoms with Gasteiger partial charge >= 0.3 is 5.97 Å². The molecular weight excluding hydrogens is 532 g/mol. The molecule has 1 aromatic heterocycles. The first kappa shape index (κ1) is 24.6. The summed E-state index contributed by atoms with van der Waals surface area (Å²) in [6.45, 7) is 2.03. The fraction of sp³-hybridized carbons (Fsp3) is 0.172. The van der Waals surface area contributed by atoms with Crippen LogP contribution in [0.2, 0.25) is 0 Å². The molecule has 2 heterocycles. The fourth-order valence-corrected chi connectivity index (χ4v) is 4.67. The Labute approximate surface area is 223 Å². The van der Waals surface area contributed by atoms with E-state index in [-0.39, 0.29) is 18.7 Å². The molecule has 1 amide bonds. The van der Waals surface area contributed by atoms with Crippen molar-refractivity contribution in [2.75, 3.05) is 0 Å². The number of para-hydroxylation sites is 1. The second kappa shape index (κ2) is 10.5. The molecule has 0 saturated carbocycles. The van der Waals surface area contributed by atoms with Crippen molar-refractivity contribution in [3.63, 3.8) is 0 Å². The number of aliphatic carboxylic acids is 1. The first-order valence-electron chi connectivity index (χ1n) is 12.0. The Balaban J connectivity index is 1.60. The molecule has 186 valence electrons. The lowest BCUT2D eigenvalue weighted by atomic mass is 9.96. The van der Waals surface area contributed by atoms with Gasteiger partial charge in [-0.25, -0.2) is 9.69 Å². The number of carbonyl (C=O) groups excluding carboxylic acids is 1. The highest BCUT2D eigenvalue weighted by Gasteiger charge is 2.36. The van der Waals surface area contributed by atoms with Gasteiger partial charge in [0.2, 0.25) is 5.91 Å². The van der Waals surface area contributed by atoms with Crippen molar-refractivity contribution < 1.29 is 14.7 Å². The summed E-state index contributed by atoms with van der Waals surface area (Å²) in [4.78, 5) is 24.4. The van der Waals surface area contributed by atoms with Crippen molar-refractivity contribution >= 4 is 33.5 Å². The summed E-state index contributed by atoms with van der Waals surface area (Å²) in [5.41, 5.74) is 6.27. The molecular formula is C29H25BrN4O3. The van der Waals surface area contributed by atoms with Crippen molar-refractivity contribution in [3.8, 4) is 16.9 Å². The van der Waals surface area contributed by atoms with Gasteiger partial charge in [-0.3, -0.25) is 9.59 Å². The van der Waals surface area contributed by atoms with Crippen molar-refractivity contribution in [2.24, 2.45) is 5.10 Å². The summed E-state index contributed by atoms with van der Waals surface area (Å²) in [6.07, 6.45) is 2.06. The standard InChI is InChI=1S/C29H25BrN4O3/c1-19-7-9-21(10-8-19)29-24(18-33(32-29)23-5-3-2-4-6-23)26-17-25(20-11-13-22(30)14-12-20)31-34(26)27(35)15-16-28(36)37/h2-14,18,26H,15-17H2,1H3,(H,36,37)/t26-/m0/s1. The molecule has 0 fully saturated rings. The quantitative estimate of drug-likeness (QED) is 0.295. The molecule has 8 heteroatoms. The van der Waals surface area contributed by atoms with Gasteiger partial charge in [0.15, 0.2) is 0 Å². The fourth-order valence-electron chi connectivity index (χ4n) is 4.41. The Bertz CT molecular complexity index is 1460. The Morgan fingerprint density at radius 2 is 1.62 bits per heavy atom. The number of aryl methyl sites for hydroxylation is 1. The average molecular weight is 557 g/mol. The lowest BCUT2D eigenvalue weighted by Crippen LogP contribution is -2.27. The molecule has 5 rings (SSSR count). The molecule has 0 aliphatic carbocycles. The number of nitrogens with zero attached hydrogens (tertiary/aromatic N) is 4. The summed E-state index contributed by atoms with van der Waals surface area (Å²) >= 11 is 3.47. The number of halogens is 1. The lowest BCUT2D eigenvalue weighted by Gasteiger charge is -2.21. The van der Waals surface area contributed by atoms with E-state index in [2.05, 4.69) is 15.9 Å². The van der Waals surface area contributed by atoms with Gasteiger partial charge in [-0.1, -0.05) is 76.1 Å². The van der Waals surface area contributed by atoms with Crippen LogP contribution in [0.15, 0.2) is 94.6 Å². The molecule has 0 saturated heterocycles. The molecule has 0 bridgehead atoms. The van der Waals surface area contributed by atoms with Crippen LogP contribution >= 0.6 is 15.9 Å². The molecule has 1 N–H and O–H groups in total. The van der Waals surface area contributed by atoms with E-state index in [0.29, 0.717) is 6.42 Å². The van der Waals surface area contributed by atoms with Gasteiger partial charge in [0.05, 0.1) is 29.6 Å². The minimum Gasteiger partial charge on any atom is -0.481 e. The van der Waals surface area contributed by atoms with Gasteiger partial charge in [-0.15, -0.1) is 0 Å². The van der Waals surface area contributed by atoms with Crippen molar-refractivity contribution in [1.29, 1.82) is 0 Å². The third-order valence-electron chi connectivity index (χ3n) is 6.34. The third-order valence-corrected chi connectivity index (χ3v) is 6.87. The Hall–Kier alpha value is -4.04. The third kappa shape index (κ3) is 5.39. The minimum atomic E-state index is -1.02. The summed E-state index contributed by atoms with van der Waals surface area (Å²) in [6, 6.07) is 25.3. The van der Waals surface area contributed by atoms with Gasteiger partial charge < -0.3 is 5.11 Å². The number of carboxylic acids is 1. The molecule has 1 aliphatic rings. The maximum atomic E-state index is 13.3. The zero-order valence-corrected chi connectivity index (χ0v) is 21.8. The molecule has 4 aromatic rings. The number of carboxylic acid groups (broad SMARTS) is 1. The molecule has 1 atom stereocenters. The van der Waals surface area contributed by atoms with Crippen LogP contribution in [0.3, 0.4) is 0 Å². The number of hydrogen-bond acceptors (Lipinski definition) is 4. The summed E-state index contributed by atoms with van der Waals surface area (Å²) < 4.78 is 2.77. The second-order valence-corrected chi connectivity index (χ2v) is 9.90. The largest absolute Gasteiger partial charge is 0.481 e. The monoisotopic (exact) mass is 556 g/mol. The highest BCUT2D eigenvalue weighted by Crippen LogP contribution is 2.39. The van der Waals surface area contributed by atoms with Crippen LogP contribution in [0.1, 0.15) is 42.0 Å². The normalized spacial score (nSPS) is 15.0. The molecule has 0 radical (unpaired) electrons. The van der Waals surface area contributed by atoms with Crippen molar-refractivity contribution in [1.82, 2.24) is 14.8 Å². The smallest absolute Gasteiger partial charge is 0.303 e. The maximum absolute atomic E-state index is 13.3. The zero-order chi connectivity index (χ0) is 25.9. The summed E-state index contributed by atoms with van der Waals surface area (Å²) in [5.74, 6) is -1.35. The Morgan fingerprint density at radius 1 is 0.946 bits per heavy atom. The van der Waals surface area contributed by atoms with E-state index < -0.39 is 12.0 Å². The van der Waals surface area contributed by atoms with E-state index in [1.165, 1.54) is 5.01 Å². The predicted molar refractivity (Wildman–Crippen MR) is 145 cm³/mol. The number of benzene rings is 3. The predicted octanol–water partition coefficient (Wildman–Crippen LogP) is 6.15. The molecule has 1 aliphatic heterocycles. The van der Waals surface area contributed by atoms with Crippen LogP contribution in [0, 0.1) is 6.92 Å². The molecule has 37 heavy (non-hydrogen) atoms. The number of amides is 1. The number of rotatable bonds is 7. The molecule has 0 unspecified atom stereocenters. The van der Waals surface area contributed by atoms with E-state index in [1.54, 1.807) is 0 Å². The van der Waals surface area contributed by atoms with Crippen LogP contribution in [0.5, 0.6) is 0 Å².